The van der Waals surface area contributed by atoms with E-state index >= 15 is 0 Å². The molecule has 2 rings (SSSR count). The molecule has 108 valence electrons. The predicted molar refractivity (Wildman–Crippen MR) is 71.9 cm³/mol. The molecular weight excluding hydrogens is 263 g/mol. The zero-order valence-corrected chi connectivity index (χ0v) is 10.9. The van der Waals surface area contributed by atoms with Crippen LogP contribution in [0.3, 0.4) is 0 Å². The Kier molecular flexibility index (Phi) is 4.34. The van der Waals surface area contributed by atoms with Gasteiger partial charge >= 0.3 is 5.97 Å². The van der Waals surface area contributed by atoms with Crippen LogP contribution in [0.4, 0.5) is 10.1 Å². The lowest BCUT2D eigenvalue weighted by atomic mass is 9.85. The van der Waals surface area contributed by atoms with E-state index in [9.17, 15) is 14.0 Å². The van der Waals surface area contributed by atoms with E-state index in [1.807, 2.05) is 0 Å². The summed E-state index contributed by atoms with van der Waals surface area (Å²) in [5, 5.41) is 11.5. The lowest BCUT2D eigenvalue weighted by Crippen LogP contribution is -2.34. The monoisotopic (exact) mass is 280 g/mol. The Labute approximate surface area is 116 Å². The number of rotatable bonds is 3. The van der Waals surface area contributed by atoms with Crippen LogP contribution in [0.2, 0.25) is 0 Å². The number of anilines is 1. The maximum Gasteiger partial charge on any atom is 0.340 e. The fraction of sp³-hybridized carbons (Fsp3) is 0.429. The zero-order valence-electron chi connectivity index (χ0n) is 10.9. The summed E-state index contributed by atoms with van der Waals surface area (Å²) in [6, 6.07) is 3.79. The Bertz CT molecular complexity index is 533. The van der Waals surface area contributed by atoms with Crippen molar-refractivity contribution < 1.29 is 19.1 Å². The van der Waals surface area contributed by atoms with Crippen LogP contribution in [0, 0.1) is 11.7 Å². The first-order chi connectivity index (χ1) is 9.49. The molecule has 2 unspecified atom stereocenters. The first-order valence-electron chi connectivity index (χ1n) is 6.57. The van der Waals surface area contributed by atoms with Crippen molar-refractivity contribution in [2.24, 2.45) is 11.7 Å². The highest BCUT2D eigenvalue weighted by atomic mass is 19.1. The van der Waals surface area contributed by atoms with E-state index in [0.717, 1.165) is 25.3 Å². The van der Waals surface area contributed by atoms with Gasteiger partial charge in [0.25, 0.3) is 0 Å². The number of hydrogen-bond acceptors (Lipinski definition) is 3. The van der Waals surface area contributed by atoms with E-state index in [2.05, 4.69) is 5.32 Å². The van der Waals surface area contributed by atoms with Gasteiger partial charge in [-0.2, -0.15) is 0 Å². The fourth-order valence-electron chi connectivity index (χ4n) is 2.55. The lowest BCUT2D eigenvalue weighted by molar-refractivity contribution is -0.120. The van der Waals surface area contributed by atoms with Crippen LogP contribution in [0.1, 0.15) is 36.0 Å². The Morgan fingerprint density at radius 1 is 1.35 bits per heavy atom. The highest BCUT2D eigenvalue weighted by molar-refractivity contribution is 6.01. The average Bonchev–Trinajstić information content (AvgIpc) is 2.38. The Morgan fingerprint density at radius 3 is 2.75 bits per heavy atom. The molecule has 5 nitrogen and oxygen atoms in total. The minimum absolute atomic E-state index is 0.00838. The van der Waals surface area contributed by atoms with Crippen molar-refractivity contribution in [3.8, 4) is 0 Å². The molecule has 1 amide bonds. The molecule has 1 aromatic rings. The number of benzene rings is 1. The molecule has 0 heterocycles. The van der Waals surface area contributed by atoms with Gasteiger partial charge in [0.1, 0.15) is 11.4 Å². The number of aromatic carboxylic acids is 1. The van der Waals surface area contributed by atoms with Gasteiger partial charge in [-0.1, -0.05) is 12.5 Å². The summed E-state index contributed by atoms with van der Waals surface area (Å²) in [6.07, 6.45) is 3.05. The summed E-state index contributed by atoms with van der Waals surface area (Å²) < 4.78 is 13.5. The number of carboxylic acids is 1. The van der Waals surface area contributed by atoms with Gasteiger partial charge in [0.2, 0.25) is 5.91 Å². The predicted octanol–water partition coefficient (Wildman–Crippen LogP) is 1.98. The lowest BCUT2D eigenvalue weighted by Gasteiger charge is -2.25. The van der Waals surface area contributed by atoms with Gasteiger partial charge < -0.3 is 16.2 Å². The second-order valence-corrected chi connectivity index (χ2v) is 5.08. The highest BCUT2D eigenvalue weighted by Gasteiger charge is 2.26. The molecule has 2 atom stereocenters. The Balaban J connectivity index is 2.15. The van der Waals surface area contributed by atoms with Crippen LogP contribution in [-0.4, -0.2) is 23.0 Å². The van der Waals surface area contributed by atoms with Crippen molar-refractivity contribution in [1.29, 1.82) is 0 Å². The molecule has 6 heteroatoms. The number of amides is 1. The summed E-state index contributed by atoms with van der Waals surface area (Å²) >= 11 is 0. The zero-order chi connectivity index (χ0) is 14.7. The van der Waals surface area contributed by atoms with E-state index in [-0.39, 0.29) is 23.6 Å². The number of hydrogen-bond donors (Lipinski definition) is 3. The van der Waals surface area contributed by atoms with E-state index in [4.69, 9.17) is 10.8 Å². The van der Waals surface area contributed by atoms with Gasteiger partial charge in [-0.3, -0.25) is 4.79 Å². The molecular formula is C14H17FN2O3. The molecule has 0 spiro atoms. The molecule has 0 aromatic heterocycles. The normalized spacial score (nSPS) is 22.3. The van der Waals surface area contributed by atoms with Crippen molar-refractivity contribution >= 4 is 17.6 Å². The number of halogens is 1. The number of carbonyl (C=O) groups is 2. The first-order valence-corrected chi connectivity index (χ1v) is 6.57. The maximum absolute atomic E-state index is 13.5. The molecule has 0 bridgehead atoms. The minimum Gasteiger partial charge on any atom is -0.478 e. The fourth-order valence-corrected chi connectivity index (χ4v) is 2.55. The minimum atomic E-state index is -1.40. The molecule has 1 aliphatic rings. The van der Waals surface area contributed by atoms with Gasteiger partial charge in [-0.15, -0.1) is 0 Å². The summed E-state index contributed by atoms with van der Waals surface area (Å²) in [5.74, 6) is -2.81. The van der Waals surface area contributed by atoms with Crippen LogP contribution < -0.4 is 11.1 Å². The topological polar surface area (TPSA) is 92.4 Å². The van der Waals surface area contributed by atoms with Gasteiger partial charge in [-0.05, 0) is 31.4 Å². The number of carbonyl (C=O) groups excluding carboxylic acids is 1. The molecule has 0 radical (unpaired) electrons. The van der Waals surface area contributed by atoms with Crippen molar-refractivity contribution in [2.45, 2.75) is 31.7 Å². The standard InChI is InChI=1S/C14H17FN2O3/c15-10-5-2-6-11(12(10)14(19)20)17-13(18)8-3-1-4-9(16)7-8/h2,5-6,8-9H,1,3-4,7,16H2,(H,17,18)(H,19,20). The highest BCUT2D eigenvalue weighted by Crippen LogP contribution is 2.26. The summed E-state index contributed by atoms with van der Waals surface area (Å²) in [4.78, 5) is 23.2. The van der Waals surface area contributed by atoms with Crippen LogP contribution in [-0.2, 0) is 4.79 Å². The SMILES string of the molecule is NC1CCCC(C(=O)Nc2cccc(F)c2C(=O)O)C1. The Morgan fingerprint density at radius 2 is 2.10 bits per heavy atom. The van der Waals surface area contributed by atoms with E-state index < -0.39 is 17.3 Å². The van der Waals surface area contributed by atoms with Crippen LogP contribution in [0.25, 0.3) is 0 Å². The smallest absolute Gasteiger partial charge is 0.340 e. The molecule has 20 heavy (non-hydrogen) atoms. The van der Waals surface area contributed by atoms with Crippen molar-refractivity contribution in [2.75, 3.05) is 5.32 Å². The molecule has 1 aliphatic carbocycles. The molecule has 1 fully saturated rings. The second kappa shape index (κ2) is 6.00. The van der Waals surface area contributed by atoms with Gasteiger partial charge in [0, 0.05) is 12.0 Å². The second-order valence-electron chi connectivity index (χ2n) is 5.08. The third-order valence-electron chi connectivity index (χ3n) is 3.57. The largest absolute Gasteiger partial charge is 0.478 e. The number of nitrogens with two attached hydrogens (primary N) is 1. The first kappa shape index (κ1) is 14.5. The molecule has 0 aliphatic heterocycles. The summed E-state index contributed by atoms with van der Waals surface area (Å²) in [6.45, 7) is 0. The van der Waals surface area contributed by atoms with Crippen LogP contribution in [0.15, 0.2) is 18.2 Å². The Hall–Kier alpha value is -1.95. The van der Waals surface area contributed by atoms with E-state index in [1.165, 1.54) is 12.1 Å². The van der Waals surface area contributed by atoms with E-state index in [0.29, 0.717) is 6.42 Å². The van der Waals surface area contributed by atoms with Gasteiger partial charge in [0.15, 0.2) is 0 Å². The third-order valence-corrected chi connectivity index (χ3v) is 3.57. The molecule has 4 N–H and O–H groups in total. The number of carboxylic acid groups (broad SMARTS) is 1. The van der Waals surface area contributed by atoms with Crippen LogP contribution in [0.5, 0.6) is 0 Å². The molecule has 1 saturated carbocycles. The quantitative estimate of drug-likeness (QED) is 0.789. The molecule has 1 aromatic carbocycles. The van der Waals surface area contributed by atoms with E-state index in [1.54, 1.807) is 0 Å². The number of nitrogens with one attached hydrogen (secondary N) is 1. The maximum atomic E-state index is 13.5. The summed E-state index contributed by atoms with van der Waals surface area (Å²) in [5.41, 5.74) is 5.30. The van der Waals surface area contributed by atoms with Crippen molar-refractivity contribution in [1.82, 2.24) is 0 Å². The average molecular weight is 280 g/mol. The molecule has 0 saturated heterocycles. The van der Waals surface area contributed by atoms with Crippen molar-refractivity contribution in [3.63, 3.8) is 0 Å². The van der Waals surface area contributed by atoms with Gasteiger partial charge in [-0.25, -0.2) is 9.18 Å². The van der Waals surface area contributed by atoms with Gasteiger partial charge in [0.05, 0.1) is 5.69 Å². The third kappa shape index (κ3) is 3.14. The van der Waals surface area contributed by atoms with Crippen LogP contribution >= 0.6 is 0 Å². The summed E-state index contributed by atoms with van der Waals surface area (Å²) in [7, 11) is 0. The van der Waals surface area contributed by atoms with Crippen molar-refractivity contribution in [3.05, 3.63) is 29.6 Å².